The molecule has 0 spiro atoms. The van der Waals surface area contributed by atoms with Gasteiger partial charge in [0.1, 0.15) is 0 Å². The van der Waals surface area contributed by atoms with E-state index >= 15 is 0 Å². The molecule has 2 atom stereocenters. The summed E-state index contributed by atoms with van der Waals surface area (Å²) >= 11 is 0. The third-order valence-corrected chi connectivity index (χ3v) is 4.32. The molecule has 2 aliphatic rings. The van der Waals surface area contributed by atoms with Crippen LogP contribution in [0.2, 0.25) is 0 Å². The van der Waals surface area contributed by atoms with E-state index in [1.165, 1.54) is 32.4 Å². The predicted octanol–water partition coefficient (Wildman–Crippen LogP) is 1.47. The molecule has 3 nitrogen and oxygen atoms in total. The van der Waals surface area contributed by atoms with Gasteiger partial charge in [-0.05, 0) is 44.1 Å². The zero-order valence-corrected chi connectivity index (χ0v) is 11.4. The fourth-order valence-electron chi connectivity index (χ4n) is 3.38. The number of nitrogens with one attached hydrogen (secondary N) is 1. The minimum Gasteiger partial charge on any atom is -0.396 e. The molecule has 17 heavy (non-hydrogen) atoms. The Bertz CT molecular complexity index is 228. The summed E-state index contributed by atoms with van der Waals surface area (Å²) in [5.74, 6) is 1.75. The first-order chi connectivity index (χ1) is 8.19. The van der Waals surface area contributed by atoms with Crippen molar-refractivity contribution in [3.05, 3.63) is 0 Å². The molecule has 1 saturated carbocycles. The van der Waals surface area contributed by atoms with Gasteiger partial charge in [0.15, 0.2) is 0 Å². The normalized spacial score (nSPS) is 39.0. The average Bonchev–Trinajstić information content (AvgIpc) is 2.24. The Balaban J connectivity index is 1.75. The molecule has 1 heterocycles. The van der Waals surface area contributed by atoms with Gasteiger partial charge in [-0.2, -0.15) is 0 Å². The van der Waals surface area contributed by atoms with E-state index in [2.05, 4.69) is 24.1 Å². The van der Waals surface area contributed by atoms with Crippen molar-refractivity contribution in [2.24, 2.45) is 11.8 Å². The molecule has 0 aromatic rings. The van der Waals surface area contributed by atoms with Crippen molar-refractivity contribution < 1.29 is 5.11 Å². The lowest BCUT2D eigenvalue weighted by molar-refractivity contribution is 0.0374. The van der Waals surface area contributed by atoms with E-state index in [0.717, 1.165) is 30.8 Å². The molecule has 0 amide bonds. The van der Waals surface area contributed by atoms with E-state index in [1.54, 1.807) is 0 Å². The molecule has 1 saturated heterocycles. The van der Waals surface area contributed by atoms with Crippen LogP contribution in [0.4, 0.5) is 0 Å². The minimum atomic E-state index is 0.305. The van der Waals surface area contributed by atoms with Gasteiger partial charge in [0.05, 0.1) is 0 Å². The van der Waals surface area contributed by atoms with Gasteiger partial charge in [-0.25, -0.2) is 0 Å². The topological polar surface area (TPSA) is 35.5 Å². The number of hydrogen-bond donors (Lipinski definition) is 2. The molecular formula is C14H28N2O. The number of hydrogen-bond acceptors (Lipinski definition) is 3. The van der Waals surface area contributed by atoms with E-state index in [1.807, 2.05) is 0 Å². The summed E-state index contributed by atoms with van der Waals surface area (Å²) in [5.41, 5.74) is 0. The Morgan fingerprint density at radius 1 is 1.12 bits per heavy atom. The highest BCUT2D eigenvalue weighted by atomic mass is 16.3. The number of rotatable bonds is 5. The predicted molar refractivity (Wildman–Crippen MR) is 71.0 cm³/mol. The summed E-state index contributed by atoms with van der Waals surface area (Å²) in [4.78, 5) is 2.70. The summed E-state index contributed by atoms with van der Waals surface area (Å²) in [5, 5.41) is 12.4. The van der Waals surface area contributed by atoms with Crippen molar-refractivity contribution in [1.82, 2.24) is 10.2 Å². The fourth-order valence-corrected chi connectivity index (χ4v) is 3.38. The molecule has 1 aliphatic carbocycles. The second-order valence-electron chi connectivity index (χ2n) is 6.25. The molecule has 2 fully saturated rings. The van der Waals surface area contributed by atoms with Crippen LogP contribution in [0.25, 0.3) is 0 Å². The first-order valence-electron chi connectivity index (χ1n) is 7.27. The molecule has 100 valence electrons. The van der Waals surface area contributed by atoms with Crippen molar-refractivity contribution in [3.63, 3.8) is 0 Å². The quantitative estimate of drug-likeness (QED) is 0.714. The van der Waals surface area contributed by atoms with E-state index in [4.69, 9.17) is 5.11 Å². The van der Waals surface area contributed by atoms with E-state index < -0.39 is 0 Å². The molecule has 0 aromatic heterocycles. The lowest BCUT2D eigenvalue weighted by Gasteiger charge is -2.47. The molecule has 3 heteroatoms. The van der Waals surface area contributed by atoms with Crippen molar-refractivity contribution in [3.8, 4) is 0 Å². The Morgan fingerprint density at radius 2 is 1.88 bits per heavy atom. The summed E-state index contributed by atoms with van der Waals surface area (Å²) in [7, 11) is 0. The molecule has 0 aromatic carbocycles. The number of likely N-dealkylation sites (tertiary alicyclic amines) is 1. The lowest BCUT2D eigenvalue weighted by atomic mass is 9.79. The Hall–Kier alpha value is -0.120. The van der Waals surface area contributed by atoms with Gasteiger partial charge < -0.3 is 10.4 Å². The highest BCUT2D eigenvalue weighted by Crippen LogP contribution is 2.33. The highest BCUT2D eigenvalue weighted by molar-refractivity contribution is 4.91. The maximum absolute atomic E-state index is 8.81. The Kier molecular flexibility index (Phi) is 4.83. The fraction of sp³-hybridized carbons (Fsp3) is 1.00. The van der Waals surface area contributed by atoms with E-state index in [-0.39, 0.29) is 0 Å². The van der Waals surface area contributed by atoms with E-state index in [9.17, 15) is 0 Å². The van der Waals surface area contributed by atoms with Crippen LogP contribution in [0.5, 0.6) is 0 Å². The smallest absolute Gasteiger partial charge is 0.0443 e. The second-order valence-corrected chi connectivity index (χ2v) is 6.25. The molecular weight excluding hydrogens is 212 g/mol. The lowest BCUT2D eigenvalue weighted by Crippen LogP contribution is -2.55. The van der Waals surface area contributed by atoms with Crippen LogP contribution in [0.3, 0.4) is 0 Å². The second kappa shape index (κ2) is 6.17. The highest BCUT2D eigenvalue weighted by Gasteiger charge is 2.35. The number of aliphatic hydroxyl groups is 1. The van der Waals surface area contributed by atoms with Crippen LogP contribution in [-0.2, 0) is 0 Å². The third-order valence-electron chi connectivity index (χ3n) is 4.32. The van der Waals surface area contributed by atoms with Crippen molar-refractivity contribution >= 4 is 0 Å². The maximum Gasteiger partial charge on any atom is 0.0443 e. The van der Waals surface area contributed by atoms with Crippen molar-refractivity contribution in [2.75, 3.05) is 26.2 Å². The monoisotopic (exact) mass is 240 g/mol. The Labute approximate surface area is 106 Å². The Morgan fingerprint density at radius 3 is 2.53 bits per heavy atom. The van der Waals surface area contributed by atoms with Gasteiger partial charge >= 0.3 is 0 Å². The van der Waals surface area contributed by atoms with Crippen LogP contribution in [-0.4, -0.2) is 48.3 Å². The van der Waals surface area contributed by atoms with Crippen LogP contribution in [0.1, 0.15) is 39.5 Å². The van der Waals surface area contributed by atoms with Crippen LogP contribution >= 0.6 is 0 Å². The SMILES string of the molecule is CC1CC(N2CC(C)CC(NCCCO)C2)C1. The number of piperidine rings is 1. The first-order valence-corrected chi connectivity index (χ1v) is 7.27. The number of aliphatic hydroxyl groups excluding tert-OH is 1. The molecule has 1 aliphatic heterocycles. The molecule has 2 N–H and O–H groups in total. The van der Waals surface area contributed by atoms with Gasteiger partial charge in [0.2, 0.25) is 0 Å². The maximum atomic E-state index is 8.81. The molecule has 2 unspecified atom stereocenters. The summed E-state index contributed by atoms with van der Waals surface area (Å²) < 4.78 is 0. The van der Waals surface area contributed by atoms with Crippen LogP contribution < -0.4 is 5.32 Å². The average molecular weight is 240 g/mol. The van der Waals surface area contributed by atoms with Crippen molar-refractivity contribution in [1.29, 1.82) is 0 Å². The van der Waals surface area contributed by atoms with Crippen LogP contribution in [0, 0.1) is 11.8 Å². The van der Waals surface area contributed by atoms with Crippen molar-refractivity contribution in [2.45, 2.75) is 51.6 Å². The summed E-state index contributed by atoms with van der Waals surface area (Å²) in [6.45, 7) is 8.50. The van der Waals surface area contributed by atoms with Crippen LogP contribution in [0.15, 0.2) is 0 Å². The standard InChI is InChI=1S/C14H28N2O/c1-11-7-14(8-11)16-9-12(2)6-13(10-16)15-4-3-5-17/h11-15,17H,3-10H2,1-2H3. The molecule has 0 bridgehead atoms. The minimum absolute atomic E-state index is 0.305. The third kappa shape index (κ3) is 3.67. The number of nitrogens with zero attached hydrogens (tertiary/aromatic N) is 1. The summed E-state index contributed by atoms with van der Waals surface area (Å²) in [6, 6.07) is 1.50. The van der Waals surface area contributed by atoms with Gasteiger partial charge in [0, 0.05) is 31.8 Å². The van der Waals surface area contributed by atoms with Gasteiger partial charge in [0.25, 0.3) is 0 Å². The van der Waals surface area contributed by atoms with Gasteiger partial charge in [-0.15, -0.1) is 0 Å². The van der Waals surface area contributed by atoms with E-state index in [0.29, 0.717) is 12.6 Å². The zero-order chi connectivity index (χ0) is 12.3. The largest absolute Gasteiger partial charge is 0.396 e. The van der Waals surface area contributed by atoms with Gasteiger partial charge in [-0.3, -0.25) is 4.90 Å². The molecule has 0 radical (unpaired) electrons. The first kappa shape index (κ1) is 13.3. The zero-order valence-electron chi connectivity index (χ0n) is 11.4. The molecule has 2 rings (SSSR count). The summed E-state index contributed by atoms with van der Waals surface area (Å²) in [6.07, 6.45) is 4.97. The van der Waals surface area contributed by atoms with Gasteiger partial charge in [-0.1, -0.05) is 13.8 Å².